The number of halogens is 1. The number of ether oxygens (including phenoxy) is 1. The fourth-order valence-electron chi connectivity index (χ4n) is 1.82. The molecule has 0 radical (unpaired) electrons. The van der Waals surface area contributed by atoms with Crippen molar-refractivity contribution in [2.45, 2.75) is 12.2 Å². The van der Waals surface area contributed by atoms with Crippen LogP contribution in [-0.4, -0.2) is 55.1 Å². The first-order valence-electron chi connectivity index (χ1n) is 5.82. The van der Waals surface area contributed by atoms with Gasteiger partial charge in [0.25, 0.3) is 0 Å². The molecule has 0 bridgehead atoms. The zero-order chi connectivity index (χ0) is 13.5. The Balaban J connectivity index is 2.49. The van der Waals surface area contributed by atoms with E-state index in [0.29, 0.717) is 6.54 Å². The number of hydrogen-bond donors (Lipinski definition) is 2. The number of methoxy groups -OCH3 is 1. The Bertz CT molecular complexity index is 362. The molecular formula is C13H20FNO3. The first-order chi connectivity index (χ1) is 8.54. The minimum absolute atomic E-state index is 0.236. The van der Waals surface area contributed by atoms with Crippen LogP contribution >= 0.6 is 0 Å². The van der Waals surface area contributed by atoms with Crippen molar-refractivity contribution in [1.82, 2.24) is 4.90 Å². The first kappa shape index (κ1) is 15.0. The number of rotatable bonds is 7. The minimum Gasteiger partial charge on any atom is -0.389 e. The summed E-state index contributed by atoms with van der Waals surface area (Å²) in [5.74, 6) is -0.421. The number of aliphatic hydroxyl groups excluding tert-OH is 2. The van der Waals surface area contributed by atoms with E-state index in [4.69, 9.17) is 4.74 Å². The molecule has 0 amide bonds. The van der Waals surface area contributed by atoms with Crippen molar-refractivity contribution in [3.63, 3.8) is 0 Å². The molecule has 1 aromatic rings. The van der Waals surface area contributed by atoms with Gasteiger partial charge in [-0.25, -0.2) is 4.39 Å². The second kappa shape index (κ2) is 7.43. The average molecular weight is 257 g/mol. The van der Waals surface area contributed by atoms with Crippen LogP contribution < -0.4 is 0 Å². The van der Waals surface area contributed by atoms with Crippen molar-refractivity contribution in [3.8, 4) is 0 Å². The molecule has 1 rings (SSSR count). The lowest BCUT2D eigenvalue weighted by Crippen LogP contribution is -2.34. The topological polar surface area (TPSA) is 52.9 Å². The van der Waals surface area contributed by atoms with Gasteiger partial charge in [-0.05, 0) is 13.1 Å². The van der Waals surface area contributed by atoms with E-state index in [9.17, 15) is 14.6 Å². The summed E-state index contributed by atoms with van der Waals surface area (Å²) in [6.07, 6.45) is -1.53. The van der Waals surface area contributed by atoms with E-state index in [-0.39, 0.29) is 18.7 Å². The van der Waals surface area contributed by atoms with Crippen LogP contribution in [0.25, 0.3) is 0 Å². The van der Waals surface area contributed by atoms with Crippen LogP contribution in [0, 0.1) is 5.82 Å². The normalized spacial score (nSPS) is 14.8. The first-order valence-corrected chi connectivity index (χ1v) is 5.82. The van der Waals surface area contributed by atoms with Crippen LogP contribution in [0.2, 0.25) is 0 Å². The molecule has 0 saturated carbocycles. The molecule has 0 spiro atoms. The summed E-state index contributed by atoms with van der Waals surface area (Å²) < 4.78 is 18.2. The van der Waals surface area contributed by atoms with Crippen molar-refractivity contribution in [3.05, 3.63) is 35.6 Å². The van der Waals surface area contributed by atoms with Crippen LogP contribution in [0.4, 0.5) is 4.39 Å². The molecule has 18 heavy (non-hydrogen) atoms. The molecule has 4 nitrogen and oxygen atoms in total. The van der Waals surface area contributed by atoms with Crippen molar-refractivity contribution in [2.75, 3.05) is 33.9 Å². The van der Waals surface area contributed by atoms with Crippen molar-refractivity contribution < 1.29 is 19.3 Å². The number of benzene rings is 1. The highest BCUT2D eigenvalue weighted by Crippen LogP contribution is 2.17. The van der Waals surface area contributed by atoms with Gasteiger partial charge in [0.05, 0.1) is 18.8 Å². The maximum atomic E-state index is 13.4. The van der Waals surface area contributed by atoms with Crippen molar-refractivity contribution in [1.29, 1.82) is 0 Å². The lowest BCUT2D eigenvalue weighted by atomic mass is 10.1. The van der Waals surface area contributed by atoms with E-state index >= 15 is 0 Å². The van der Waals surface area contributed by atoms with Gasteiger partial charge in [0.1, 0.15) is 5.82 Å². The molecule has 0 saturated heterocycles. The van der Waals surface area contributed by atoms with Gasteiger partial charge < -0.3 is 19.8 Å². The zero-order valence-electron chi connectivity index (χ0n) is 10.7. The second-order valence-electron chi connectivity index (χ2n) is 4.37. The summed E-state index contributed by atoms with van der Waals surface area (Å²) in [6.45, 7) is 0.848. The smallest absolute Gasteiger partial charge is 0.129 e. The fourth-order valence-corrected chi connectivity index (χ4v) is 1.82. The van der Waals surface area contributed by atoms with Gasteiger partial charge in [-0.1, -0.05) is 18.2 Å². The van der Waals surface area contributed by atoms with Crippen LogP contribution in [0.1, 0.15) is 11.7 Å². The third-order valence-corrected chi connectivity index (χ3v) is 2.63. The van der Waals surface area contributed by atoms with Gasteiger partial charge in [0.15, 0.2) is 0 Å². The van der Waals surface area contributed by atoms with E-state index in [1.54, 1.807) is 30.1 Å². The van der Waals surface area contributed by atoms with Gasteiger partial charge in [0, 0.05) is 25.8 Å². The summed E-state index contributed by atoms with van der Waals surface area (Å²) >= 11 is 0. The van der Waals surface area contributed by atoms with E-state index < -0.39 is 18.0 Å². The lowest BCUT2D eigenvalue weighted by molar-refractivity contribution is 0.0314. The molecule has 1 aromatic carbocycles. The highest BCUT2D eigenvalue weighted by atomic mass is 19.1. The summed E-state index contributed by atoms with van der Waals surface area (Å²) in [5, 5.41) is 19.5. The largest absolute Gasteiger partial charge is 0.389 e. The Kier molecular flexibility index (Phi) is 6.21. The predicted molar refractivity (Wildman–Crippen MR) is 66.7 cm³/mol. The Labute approximate surface area is 107 Å². The number of aliphatic hydroxyl groups is 2. The van der Waals surface area contributed by atoms with E-state index in [0.717, 1.165) is 0 Å². The minimum atomic E-state index is -0.911. The Hall–Kier alpha value is -1.01. The molecule has 0 fully saturated rings. The number of hydrogen-bond acceptors (Lipinski definition) is 4. The average Bonchev–Trinajstić information content (AvgIpc) is 2.29. The Morgan fingerprint density at radius 3 is 2.56 bits per heavy atom. The Morgan fingerprint density at radius 2 is 1.94 bits per heavy atom. The standard InChI is InChI=1S/C13H20FNO3/c1-15(7-10(16)9-18-2)8-13(17)11-5-3-4-6-12(11)14/h3-6,10,13,16-17H,7-9H2,1-2H3. The SMILES string of the molecule is COCC(O)CN(C)CC(O)c1ccccc1F. The van der Waals surface area contributed by atoms with Crippen LogP contribution in [-0.2, 0) is 4.74 Å². The summed E-state index contributed by atoms with van der Waals surface area (Å²) in [5.41, 5.74) is 0.269. The summed E-state index contributed by atoms with van der Waals surface area (Å²) in [7, 11) is 3.26. The maximum Gasteiger partial charge on any atom is 0.129 e. The molecule has 0 aliphatic heterocycles. The van der Waals surface area contributed by atoms with Gasteiger partial charge in [-0.3, -0.25) is 0 Å². The molecule has 102 valence electrons. The molecule has 2 unspecified atom stereocenters. The van der Waals surface area contributed by atoms with Crippen LogP contribution in [0.15, 0.2) is 24.3 Å². The van der Waals surface area contributed by atoms with Gasteiger partial charge >= 0.3 is 0 Å². The van der Waals surface area contributed by atoms with Gasteiger partial charge in [-0.2, -0.15) is 0 Å². The molecule has 2 N–H and O–H groups in total. The molecule has 0 aliphatic carbocycles. The van der Waals surface area contributed by atoms with Crippen molar-refractivity contribution in [2.24, 2.45) is 0 Å². The molecule has 0 heterocycles. The van der Waals surface area contributed by atoms with Gasteiger partial charge in [0.2, 0.25) is 0 Å². The Morgan fingerprint density at radius 1 is 1.28 bits per heavy atom. The third kappa shape index (κ3) is 4.70. The van der Waals surface area contributed by atoms with E-state index in [1.807, 2.05) is 0 Å². The van der Waals surface area contributed by atoms with Crippen LogP contribution in [0.5, 0.6) is 0 Å². The highest BCUT2D eigenvalue weighted by molar-refractivity contribution is 5.19. The van der Waals surface area contributed by atoms with E-state index in [2.05, 4.69) is 0 Å². The quantitative estimate of drug-likeness (QED) is 0.758. The number of likely N-dealkylation sites (N-methyl/N-ethyl adjacent to an activating group) is 1. The summed E-state index contributed by atoms with van der Waals surface area (Å²) in [6, 6.07) is 6.14. The molecule has 0 aromatic heterocycles. The molecular weight excluding hydrogens is 237 g/mol. The maximum absolute atomic E-state index is 13.4. The van der Waals surface area contributed by atoms with Crippen LogP contribution in [0.3, 0.4) is 0 Å². The molecule has 5 heteroatoms. The zero-order valence-corrected chi connectivity index (χ0v) is 10.7. The summed E-state index contributed by atoms with van der Waals surface area (Å²) in [4.78, 5) is 1.74. The number of nitrogens with zero attached hydrogens (tertiary/aromatic N) is 1. The lowest BCUT2D eigenvalue weighted by Gasteiger charge is -2.23. The highest BCUT2D eigenvalue weighted by Gasteiger charge is 2.16. The molecule has 0 aliphatic rings. The van der Waals surface area contributed by atoms with Gasteiger partial charge in [-0.15, -0.1) is 0 Å². The monoisotopic (exact) mass is 257 g/mol. The second-order valence-corrected chi connectivity index (χ2v) is 4.37. The fraction of sp³-hybridized carbons (Fsp3) is 0.538. The predicted octanol–water partition coefficient (Wildman–Crippen LogP) is 0.798. The third-order valence-electron chi connectivity index (χ3n) is 2.63. The van der Waals surface area contributed by atoms with E-state index in [1.165, 1.54) is 13.2 Å². The molecule has 2 atom stereocenters. The van der Waals surface area contributed by atoms with Crippen molar-refractivity contribution >= 4 is 0 Å².